The molecule has 0 unspecified atom stereocenters. The van der Waals surface area contributed by atoms with Gasteiger partial charge in [-0.2, -0.15) is 0 Å². The van der Waals surface area contributed by atoms with Crippen molar-refractivity contribution in [3.63, 3.8) is 0 Å². The number of para-hydroxylation sites is 1. The van der Waals surface area contributed by atoms with Crippen molar-refractivity contribution in [3.8, 4) is 5.75 Å². The standard InChI is InChI=1S/C13H21O2P/c1-4-10-16(14,11-5-2)15-13-9-7-6-8-12(13)3/h6-9H,4-5,10-11H2,1-3H3. The van der Waals surface area contributed by atoms with Crippen LogP contribution < -0.4 is 4.52 Å². The monoisotopic (exact) mass is 240 g/mol. The Labute approximate surface area is 98.5 Å². The molecule has 0 aliphatic rings. The van der Waals surface area contributed by atoms with E-state index in [0.717, 1.165) is 24.2 Å². The van der Waals surface area contributed by atoms with Crippen LogP contribution in [0.5, 0.6) is 5.75 Å². The average molecular weight is 240 g/mol. The first-order valence-electron chi connectivity index (χ1n) is 5.94. The third-order valence-electron chi connectivity index (χ3n) is 2.49. The molecule has 1 aromatic rings. The van der Waals surface area contributed by atoms with Gasteiger partial charge in [-0.3, -0.25) is 4.57 Å². The maximum Gasteiger partial charge on any atom is 0.247 e. The molecule has 0 atom stereocenters. The van der Waals surface area contributed by atoms with Crippen molar-refractivity contribution in [3.05, 3.63) is 29.8 Å². The second-order valence-electron chi connectivity index (χ2n) is 4.12. The van der Waals surface area contributed by atoms with Crippen LogP contribution in [0.25, 0.3) is 0 Å². The highest BCUT2D eigenvalue weighted by molar-refractivity contribution is 7.59. The number of benzene rings is 1. The molecule has 0 bridgehead atoms. The summed E-state index contributed by atoms with van der Waals surface area (Å²) in [5.41, 5.74) is 1.05. The van der Waals surface area contributed by atoms with Crippen molar-refractivity contribution in [2.24, 2.45) is 0 Å². The highest BCUT2D eigenvalue weighted by Gasteiger charge is 2.22. The molecule has 1 rings (SSSR count). The average Bonchev–Trinajstić information content (AvgIpc) is 2.22. The normalized spacial score (nSPS) is 11.4. The second kappa shape index (κ2) is 6.10. The van der Waals surface area contributed by atoms with Crippen LogP contribution in [-0.2, 0) is 4.57 Å². The van der Waals surface area contributed by atoms with E-state index >= 15 is 0 Å². The zero-order chi connectivity index (χ0) is 12.0. The Morgan fingerprint density at radius 2 is 1.69 bits per heavy atom. The van der Waals surface area contributed by atoms with Crippen molar-refractivity contribution in [2.75, 3.05) is 12.3 Å². The van der Waals surface area contributed by atoms with Crippen molar-refractivity contribution in [1.82, 2.24) is 0 Å². The zero-order valence-corrected chi connectivity index (χ0v) is 11.3. The molecular formula is C13H21O2P. The molecular weight excluding hydrogens is 219 g/mol. The van der Waals surface area contributed by atoms with Gasteiger partial charge in [-0.25, -0.2) is 0 Å². The summed E-state index contributed by atoms with van der Waals surface area (Å²) < 4.78 is 18.3. The van der Waals surface area contributed by atoms with Crippen molar-refractivity contribution < 1.29 is 9.09 Å². The van der Waals surface area contributed by atoms with E-state index < -0.39 is 7.37 Å². The first kappa shape index (κ1) is 13.3. The molecule has 0 amide bonds. The fourth-order valence-electron chi connectivity index (χ4n) is 1.72. The van der Waals surface area contributed by atoms with Crippen LogP contribution in [0, 0.1) is 6.92 Å². The molecule has 90 valence electrons. The lowest BCUT2D eigenvalue weighted by Crippen LogP contribution is -2.02. The minimum Gasteiger partial charge on any atom is -0.443 e. The summed E-state index contributed by atoms with van der Waals surface area (Å²) in [6.45, 7) is 6.07. The summed E-state index contributed by atoms with van der Waals surface area (Å²) >= 11 is 0. The molecule has 0 aliphatic heterocycles. The molecule has 16 heavy (non-hydrogen) atoms. The topological polar surface area (TPSA) is 26.3 Å². The summed E-state index contributed by atoms with van der Waals surface area (Å²) in [6.07, 6.45) is 3.16. The summed E-state index contributed by atoms with van der Waals surface area (Å²) in [5, 5.41) is 0. The van der Waals surface area contributed by atoms with Crippen LogP contribution in [0.2, 0.25) is 0 Å². The molecule has 0 aliphatic carbocycles. The van der Waals surface area contributed by atoms with Gasteiger partial charge in [0.1, 0.15) is 5.75 Å². The van der Waals surface area contributed by atoms with E-state index in [1.165, 1.54) is 0 Å². The number of hydrogen-bond acceptors (Lipinski definition) is 2. The molecule has 0 aromatic heterocycles. The van der Waals surface area contributed by atoms with Gasteiger partial charge >= 0.3 is 0 Å². The van der Waals surface area contributed by atoms with E-state index in [9.17, 15) is 4.57 Å². The molecule has 1 aromatic carbocycles. The largest absolute Gasteiger partial charge is 0.443 e. The van der Waals surface area contributed by atoms with Crippen molar-refractivity contribution >= 4 is 7.37 Å². The molecule has 0 spiro atoms. The molecule has 0 radical (unpaired) electrons. The molecule has 0 saturated carbocycles. The third kappa shape index (κ3) is 3.68. The predicted octanol–water partition coefficient (Wildman–Crippen LogP) is 4.47. The number of rotatable bonds is 6. The zero-order valence-electron chi connectivity index (χ0n) is 10.4. The Bertz CT molecular complexity index is 364. The Morgan fingerprint density at radius 1 is 1.12 bits per heavy atom. The predicted molar refractivity (Wildman–Crippen MR) is 69.7 cm³/mol. The fraction of sp³-hybridized carbons (Fsp3) is 0.538. The van der Waals surface area contributed by atoms with Crippen LogP contribution in [-0.4, -0.2) is 12.3 Å². The highest BCUT2D eigenvalue weighted by Crippen LogP contribution is 2.48. The van der Waals surface area contributed by atoms with Crippen LogP contribution in [0.1, 0.15) is 32.3 Å². The van der Waals surface area contributed by atoms with Crippen LogP contribution in [0.3, 0.4) is 0 Å². The van der Waals surface area contributed by atoms with E-state index in [0.29, 0.717) is 12.3 Å². The molecule has 0 heterocycles. The summed E-state index contributed by atoms with van der Waals surface area (Å²) in [5.74, 6) is 0.771. The van der Waals surface area contributed by atoms with Gasteiger partial charge in [0.05, 0.1) is 0 Å². The van der Waals surface area contributed by atoms with Gasteiger partial charge in [0.25, 0.3) is 0 Å². The highest BCUT2D eigenvalue weighted by atomic mass is 31.2. The van der Waals surface area contributed by atoms with Gasteiger partial charge < -0.3 is 4.52 Å². The molecule has 3 heteroatoms. The third-order valence-corrected chi connectivity index (χ3v) is 5.27. The van der Waals surface area contributed by atoms with Gasteiger partial charge in [-0.15, -0.1) is 0 Å². The summed E-state index contributed by atoms with van der Waals surface area (Å²) in [7, 11) is -2.47. The maximum absolute atomic E-state index is 12.5. The molecule has 2 nitrogen and oxygen atoms in total. The Morgan fingerprint density at radius 3 is 2.19 bits per heavy atom. The first-order valence-corrected chi connectivity index (χ1v) is 7.94. The SMILES string of the molecule is CCCP(=O)(CCC)Oc1ccccc1C. The van der Waals surface area contributed by atoms with Gasteiger partial charge in [-0.05, 0) is 31.4 Å². The van der Waals surface area contributed by atoms with Crippen LogP contribution in [0.4, 0.5) is 0 Å². The fourth-order valence-corrected chi connectivity index (χ4v) is 4.05. The lowest BCUT2D eigenvalue weighted by Gasteiger charge is -2.19. The van der Waals surface area contributed by atoms with E-state index in [1.807, 2.05) is 45.0 Å². The van der Waals surface area contributed by atoms with Crippen LogP contribution >= 0.6 is 7.37 Å². The van der Waals surface area contributed by atoms with E-state index in [4.69, 9.17) is 4.52 Å². The second-order valence-corrected chi connectivity index (χ2v) is 6.82. The minimum atomic E-state index is -2.47. The Hall–Kier alpha value is -0.750. The number of aryl methyl sites for hydroxylation is 1. The first-order chi connectivity index (χ1) is 7.61. The minimum absolute atomic E-state index is 0.676. The maximum atomic E-state index is 12.5. The lowest BCUT2D eigenvalue weighted by atomic mass is 10.2. The van der Waals surface area contributed by atoms with Gasteiger partial charge in [0, 0.05) is 12.3 Å². The summed E-state index contributed by atoms with van der Waals surface area (Å²) in [4.78, 5) is 0. The number of hydrogen-bond donors (Lipinski definition) is 0. The van der Waals surface area contributed by atoms with Crippen LogP contribution in [0.15, 0.2) is 24.3 Å². The Balaban J connectivity index is 2.83. The van der Waals surface area contributed by atoms with Gasteiger partial charge in [0.2, 0.25) is 7.37 Å². The van der Waals surface area contributed by atoms with E-state index in [1.54, 1.807) is 0 Å². The summed E-state index contributed by atoms with van der Waals surface area (Å²) in [6, 6.07) is 7.77. The quantitative estimate of drug-likeness (QED) is 0.685. The van der Waals surface area contributed by atoms with Gasteiger partial charge in [-0.1, -0.05) is 32.0 Å². The molecule has 0 fully saturated rings. The van der Waals surface area contributed by atoms with Crippen molar-refractivity contribution in [1.29, 1.82) is 0 Å². The Kier molecular flexibility index (Phi) is 5.08. The van der Waals surface area contributed by atoms with E-state index in [-0.39, 0.29) is 0 Å². The smallest absolute Gasteiger partial charge is 0.247 e. The van der Waals surface area contributed by atoms with Gasteiger partial charge in [0.15, 0.2) is 0 Å². The van der Waals surface area contributed by atoms with Crippen molar-refractivity contribution in [2.45, 2.75) is 33.6 Å². The molecule has 0 N–H and O–H groups in total. The van der Waals surface area contributed by atoms with E-state index in [2.05, 4.69) is 0 Å². The lowest BCUT2D eigenvalue weighted by molar-refractivity contribution is 0.477. The molecule has 0 saturated heterocycles.